The van der Waals surface area contributed by atoms with Gasteiger partial charge in [0.2, 0.25) is 5.91 Å². The molecule has 1 N–H and O–H groups in total. The van der Waals surface area contributed by atoms with Gasteiger partial charge in [0.05, 0.1) is 18.2 Å². The Kier molecular flexibility index (Phi) is 3.74. The SMILES string of the molecule is CC1NCCC1C(=O)N(C)Cc1ccccn1. The van der Waals surface area contributed by atoms with Gasteiger partial charge in [0.15, 0.2) is 0 Å². The summed E-state index contributed by atoms with van der Waals surface area (Å²) in [5.74, 6) is 0.330. The molecule has 1 amide bonds. The van der Waals surface area contributed by atoms with Gasteiger partial charge in [0.1, 0.15) is 0 Å². The molecule has 1 aliphatic heterocycles. The van der Waals surface area contributed by atoms with Crippen LogP contribution in [-0.2, 0) is 11.3 Å². The normalized spacial score (nSPS) is 23.6. The van der Waals surface area contributed by atoms with Crippen molar-refractivity contribution in [3.05, 3.63) is 30.1 Å². The summed E-state index contributed by atoms with van der Waals surface area (Å²) in [7, 11) is 1.85. The molecular weight excluding hydrogens is 214 g/mol. The van der Waals surface area contributed by atoms with E-state index in [9.17, 15) is 4.79 Å². The zero-order chi connectivity index (χ0) is 12.3. The molecule has 1 fully saturated rings. The predicted octanol–water partition coefficient (Wildman–Crippen LogP) is 1.04. The second kappa shape index (κ2) is 5.27. The van der Waals surface area contributed by atoms with Crippen molar-refractivity contribution >= 4 is 5.91 Å². The second-order valence-corrected chi connectivity index (χ2v) is 4.65. The van der Waals surface area contributed by atoms with Crippen LogP contribution in [0.15, 0.2) is 24.4 Å². The molecule has 0 aliphatic carbocycles. The van der Waals surface area contributed by atoms with Gasteiger partial charge < -0.3 is 10.2 Å². The topological polar surface area (TPSA) is 45.2 Å². The summed E-state index contributed by atoms with van der Waals surface area (Å²) in [6, 6.07) is 6.06. The van der Waals surface area contributed by atoms with Gasteiger partial charge in [-0.25, -0.2) is 0 Å². The maximum absolute atomic E-state index is 12.2. The molecule has 2 heterocycles. The number of hydrogen-bond donors (Lipinski definition) is 1. The van der Waals surface area contributed by atoms with Gasteiger partial charge in [0, 0.05) is 19.3 Å². The van der Waals surface area contributed by atoms with E-state index in [1.807, 2.05) is 25.2 Å². The molecule has 2 rings (SSSR count). The molecule has 2 unspecified atom stereocenters. The number of aromatic nitrogens is 1. The Morgan fingerprint density at radius 3 is 3.00 bits per heavy atom. The molecule has 0 saturated carbocycles. The molecular formula is C13H19N3O. The van der Waals surface area contributed by atoms with Gasteiger partial charge >= 0.3 is 0 Å². The molecule has 1 aromatic heterocycles. The van der Waals surface area contributed by atoms with E-state index in [1.165, 1.54) is 0 Å². The van der Waals surface area contributed by atoms with E-state index in [-0.39, 0.29) is 17.9 Å². The summed E-state index contributed by atoms with van der Waals surface area (Å²) in [4.78, 5) is 18.2. The van der Waals surface area contributed by atoms with Gasteiger partial charge in [-0.05, 0) is 32.0 Å². The van der Waals surface area contributed by atoms with Crippen molar-refractivity contribution in [2.24, 2.45) is 5.92 Å². The highest BCUT2D eigenvalue weighted by molar-refractivity contribution is 5.79. The molecule has 1 aromatic rings. The monoisotopic (exact) mass is 233 g/mol. The average Bonchev–Trinajstić information content (AvgIpc) is 2.76. The predicted molar refractivity (Wildman–Crippen MR) is 66.3 cm³/mol. The van der Waals surface area contributed by atoms with Gasteiger partial charge in [-0.3, -0.25) is 9.78 Å². The van der Waals surface area contributed by atoms with Crippen LogP contribution in [0.5, 0.6) is 0 Å². The van der Waals surface area contributed by atoms with E-state index in [2.05, 4.69) is 17.2 Å². The highest BCUT2D eigenvalue weighted by Crippen LogP contribution is 2.18. The van der Waals surface area contributed by atoms with Crippen molar-refractivity contribution in [1.82, 2.24) is 15.2 Å². The average molecular weight is 233 g/mol. The summed E-state index contributed by atoms with van der Waals surface area (Å²) in [5, 5.41) is 3.31. The first kappa shape index (κ1) is 12.0. The van der Waals surface area contributed by atoms with Crippen molar-refractivity contribution < 1.29 is 4.79 Å². The lowest BCUT2D eigenvalue weighted by Crippen LogP contribution is -2.37. The summed E-state index contributed by atoms with van der Waals surface area (Å²) >= 11 is 0. The van der Waals surface area contributed by atoms with E-state index in [0.29, 0.717) is 6.54 Å². The van der Waals surface area contributed by atoms with Gasteiger partial charge in [-0.1, -0.05) is 6.07 Å². The number of hydrogen-bond acceptors (Lipinski definition) is 3. The molecule has 0 radical (unpaired) electrons. The number of carbonyl (C=O) groups excluding carboxylic acids is 1. The quantitative estimate of drug-likeness (QED) is 0.848. The van der Waals surface area contributed by atoms with Gasteiger partial charge in [-0.2, -0.15) is 0 Å². The highest BCUT2D eigenvalue weighted by Gasteiger charge is 2.31. The van der Waals surface area contributed by atoms with Crippen molar-refractivity contribution in [2.75, 3.05) is 13.6 Å². The fourth-order valence-corrected chi connectivity index (χ4v) is 2.29. The zero-order valence-corrected chi connectivity index (χ0v) is 10.4. The molecule has 4 heteroatoms. The highest BCUT2D eigenvalue weighted by atomic mass is 16.2. The Morgan fingerprint density at radius 1 is 1.59 bits per heavy atom. The van der Waals surface area contributed by atoms with Crippen LogP contribution in [0.2, 0.25) is 0 Å². The van der Waals surface area contributed by atoms with Crippen molar-refractivity contribution in [2.45, 2.75) is 25.9 Å². The fraction of sp³-hybridized carbons (Fsp3) is 0.538. The molecule has 1 saturated heterocycles. The minimum absolute atomic E-state index is 0.115. The van der Waals surface area contributed by atoms with Gasteiger partial charge in [-0.15, -0.1) is 0 Å². The minimum Gasteiger partial charge on any atom is -0.340 e. The standard InChI is InChI=1S/C13H19N3O/c1-10-12(6-8-14-10)13(17)16(2)9-11-5-3-4-7-15-11/h3-5,7,10,12,14H,6,8-9H2,1-2H3. The first-order valence-electron chi connectivity index (χ1n) is 6.07. The molecule has 17 heavy (non-hydrogen) atoms. The van der Waals surface area contributed by atoms with Crippen molar-refractivity contribution in [3.63, 3.8) is 0 Å². The minimum atomic E-state index is 0.115. The number of amides is 1. The molecule has 0 spiro atoms. The third-order valence-corrected chi connectivity index (χ3v) is 3.34. The fourth-order valence-electron chi connectivity index (χ4n) is 2.29. The summed E-state index contributed by atoms with van der Waals surface area (Å²) < 4.78 is 0. The largest absolute Gasteiger partial charge is 0.340 e. The number of pyridine rings is 1. The molecule has 0 bridgehead atoms. The zero-order valence-electron chi connectivity index (χ0n) is 10.4. The maximum Gasteiger partial charge on any atom is 0.227 e. The third kappa shape index (κ3) is 2.82. The molecule has 0 aromatic carbocycles. The lowest BCUT2D eigenvalue weighted by Gasteiger charge is -2.22. The number of nitrogens with zero attached hydrogens (tertiary/aromatic N) is 2. The van der Waals surface area contributed by atoms with E-state index in [4.69, 9.17) is 0 Å². The number of rotatable bonds is 3. The van der Waals surface area contributed by atoms with Crippen LogP contribution in [0.3, 0.4) is 0 Å². The molecule has 1 aliphatic rings. The third-order valence-electron chi connectivity index (χ3n) is 3.34. The Labute approximate surface area is 102 Å². The lowest BCUT2D eigenvalue weighted by molar-refractivity contribution is -0.134. The van der Waals surface area contributed by atoms with Crippen LogP contribution in [0.25, 0.3) is 0 Å². The van der Waals surface area contributed by atoms with Crippen LogP contribution in [-0.4, -0.2) is 35.4 Å². The molecule has 2 atom stereocenters. The van der Waals surface area contributed by atoms with E-state index >= 15 is 0 Å². The summed E-state index contributed by atoms with van der Waals surface area (Å²) in [6.07, 6.45) is 2.69. The van der Waals surface area contributed by atoms with E-state index < -0.39 is 0 Å². The van der Waals surface area contributed by atoms with Gasteiger partial charge in [0.25, 0.3) is 0 Å². The van der Waals surface area contributed by atoms with Crippen molar-refractivity contribution in [1.29, 1.82) is 0 Å². The Morgan fingerprint density at radius 2 is 2.41 bits per heavy atom. The van der Waals surface area contributed by atoms with Crippen LogP contribution in [0.4, 0.5) is 0 Å². The first-order chi connectivity index (χ1) is 8.18. The Balaban J connectivity index is 1.96. The summed E-state index contributed by atoms with van der Waals surface area (Å²) in [5.41, 5.74) is 0.932. The van der Waals surface area contributed by atoms with E-state index in [1.54, 1.807) is 11.1 Å². The molecule has 4 nitrogen and oxygen atoms in total. The maximum atomic E-state index is 12.2. The molecule has 92 valence electrons. The summed E-state index contributed by atoms with van der Waals surface area (Å²) in [6.45, 7) is 3.60. The van der Waals surface area contributed by atoms with E-state index in [0.717, 1.165) is 18.7 Å². The van der Waals surface area contributed by atoms with Crippen LogP contribution >= 0.6 is 0 Å². The van der Waals surface area contributed by atoms with Crippen molar-refractivity contribution in [3.8, 4) is 0 Å². The van der Waals surface area contributed by atoms with Crippen LogP contribution < -0.4 is 5.32 Å². The first-order valence-corrected chi connectivity index (χ1v) is 6.07. The second-order valence-electron chi connectivity index (χ2n) is 4.65. The Bertz CT molecular complexity index is 380. The van der Waals surface area contributed by atoms with Crippen LogP contribution in [0.1, 0.15) is 19.0 Å². The smallest absolute Gasteiger partial charge is 0.227 e. The Hall–Kier alpha value is -1.42. The van der Waals surface area contributed by atoms with Crippen LogP contribution in [0, 0.1) is 5.92 Å². The number of carbonyl (C=O) groups is 1. The number of nitrogens with one attached hydrogen (secondary N) is 1. The lowest BCUT2D eigenvalue weighted by atomic mass is 10.0.